The van der Waals surface area contributed by atoms with Gasteiger partial charge in [0.1, 0.15) is 0 Å². The summed E-state index contributed by atoms with van der Waals surface area (Å²) in [6.07, 6.45) is 13.8. The van der Waals surface area contributed by atoms with Crippen molar-refractivity contribution in [2.24, 2.45) is 22.2 Å². The molecular weight excluding hydrogens is 228 g/mol. The summed E-state index contributed by atoms with van der Waals surface area (Å²) in [4.78, 5) is 0. The van der Waals surface area contributed by atoms with Crippen molar-refractivity contribution in [2.75, 3.05) is 0 Å². The Morgan fingerprint density at radius 2 is 1.84 bits per heavy atom. The second-order valence-corrected chi connectivity index (χ2v) is 8.33. The van der Waals surface area contributed by atoms with Crippen molar-refractivity contribution >= 4 is 0 Å². The summed E-state index contributed by atoms with van der Waals surface area (Å²) in [5.74, 6) is 0.743. The first-order chi connectivity index (χ1) is 8.71. The molecule has 0 aromatic carbocycles. The predicted octanol–water partition coefficient (Wildman–Crippen LogP) is 6.14. The topological polar surface area (TPSA) is 0 Å². The summed E-state index contributed by atoms with van der Waals surface area (Å²) in [6, 6.07) is 0. The second-order valence-electron chi connectivity index (χ2n) is 8.33. The molecule has 0 aliphatic heterocycles. The largest absolute Gasteiger partial charge is 0.0804 e. The zero-order valence-corrected chi connectivity index (χ0v) is 13.8. The summed E-state index contributed by atoms with van der Waals surface area (Å²) in [5, 5.41) is 0. The van der Waals surface area contributed by atoms with Crippen LogP contribution in [0.3, 0.4) is 0 Å². The van der Waals surface area contributed by atoms with Gasteiger partial charge in [-0.1, -0.05) is 66.2 Å². The van der Waals surface area contributed by atoms with Crippen LogP contribution in [-0.2, 0) is 0 Å². The molecule has 0 heterocycles. The molecule has 2 atom stereocenters. The van der Waals surface area contributed by atoms with Crippen LogP contribution in [0.25, 0.3) is 0 Å². The van der Waals surface area contributed by atoms with Gasteiger partial charge in [0.15, 0.2) is 0 Å². The highest BCUT2D eigenvalue weighted by atomic mass is 14.5. The summed E-state index contributed by atoms with van der Waals surface area (Å²) >= 11 is 0. The third-order valence-corrected chi connectivity index (χ3v) is 6.70. The Hall–Kier alpha value is -0.520. The van der Waals surface area contributed by atoms with Gasteiger partial charge in [-0.2, -0.15) is 0 Å². The fraction of sp³-hybridized carbons (Fsp3) is 0.789. The van der Waals surface area contributed by atoms with Gasteiger partial charge in [0.2, 0.25) is 0 Å². The van der Waals surface area contributed by atoms with Crippen LogP contribution in [0.15, 0.2) is 23.8 Å². The lowest BCUT2D eigenvalue weighted by molar-refractivity contribution is -0.0312. The van der Waals surface area contributed by atoms with Gasteiger partial charge in [-0.25, -0.2) is 0 Å². The molecule has 0 bridgehead atoms. The lowest BCUT2D eigenvalue weighted by Gasteiger charge is -2.55. The Balaban J connectivity index is 2.28. The smallest absolute Gasteiger partial charge is 0.00730 e. The average Bonchev–Trinajstić information content (AvgIpc) is 2.82. The van der Waals surface area contributed by atoms with Crippen LogP contribution in [0.2, 0.25) is 0 Å². The quantitative estimate of drug-likeness (QED) is 0.571. The molecule has 0 saturated heterocycles. The number of allylic oxidation sites excluding steroid dienone is 4. The van der Waals surface area contributed by atoms with E-state index in [1.54, 1.807) is 5.57 Å². The van der Waals surface area contributed by atoms with Gasteiger partial charge in [0.25, 0.3) is 0 Å². The van der Waals surface area contributed by atoms with Crippen LogP contribution >= 0.6 is 0 Å². The van der Waals surface area contributed by atoms with E-state index in [4.69, 9.17) is 0 Å². The molecule has 2 unspecified atom stereocenters. The zero-order chi connectivity index (χ0) is 14.3. The summed E-state index contributed by atoms with van der Waals surface area (Å²) in [6.45, 7) is 14.8. The highest BCUT2D eigenvalue weighted by molar-refractivity contribution is 5.33. The zero-order valence-electron chi connectivity index (χ0n) is 13.8. The fourth-order valence-corrected chi connectivity index (χ4v) is 4.31. The van der Waals surface area contributed by atoms with Crippen molar-refractivity contribution in [2.45, 2.75) is 73.6 Å². The van der Waals surface area contributed by atoms with Crippen molar-refractivity contribution in [3.8, 4) is 0 Å². The van der Waals surface area contributed by atoms with Crippen LogP contribution in [0, 0.1) is 22.2 Å². The van der Waals surface area contributed by atoms with E-state index in [2.05, 4.69) is 59.8 Å². The molecule has 2 aliphatic carbocycles. The van der Waals surface area contributed by atoms with Gasteiger partial charge < -0.3 is 0 Å². The molecule has 0 spiro atoms. The number of hydrogen-bond donors (Lipinski definition) is 0. The molecule has 1 fully saturated rings. The van der Waals surface area contributed by atoms with E-state index in [1.165, 1.54) is 25.7 Å². The van der Waals surface area contributed by atoms with Gasteiger partial charge >= 0.3 is 0 Å². The van der Waals surface area contributed by atoms with Gasteiger partial charge in [0, 0.05) is 0 Å². The minimum absolute atomic E-state index is 0.409. The van der Waals surface area contributed by atoms with E-state index in [0.717, 1.165) is 12.3 Å². The molecule has 0 aromatic rings. The van der Waals surface area contributed by atoms with E-state index in [9.17, 15) is 0 Å². The monoisotopic (exact) mass is 260 g/mol. The van der Waals surface area contributed by atoms with Crippen molar-refractivity contribution in [3.63, 3.8) is 0 Å². The summed E-state index contributed by atoms with van der Waals surface area (Å²) in [7, 11) is 0. The molecule has 1 saturated carbocycles. The minimum atomic E-state index is 0.409. The van der Waals surface area contributed by atoms with Crippen molar-refractivity contribution in [1.82, 2.24) is 0 Å². The van der Waals surface area contributed by atoms with E-state index in [1.807, 2.05) is 0 Å². The average molecular weight is 260 g/mol. The molecule has 0 nitrogen and oxygen atoms in total. The van der Waals surface area contributed by atoms with Crippen LogP contribution in [0.1, 0.15) is 73.6 Å². The van der Waals surface area contributed by atoms with Crippen LogP contribution in [0.5, 0.6) is 0 Å². The van der Waals surface area contributed by atoms with Gasteiger partial charge in [0.05, 0.1) is 0 Å². The van der Waals surface area contributed by atoms with E-state index >= 15 is 0 Å². The lowest BCUT2D eigenvalue weighted by atomic mass is 9.50. The second kappa shape index (κ2) is 4.79. The standard InChI is InChI=1S/C19H32/c1-15(2)17(3,4)19(6)13-9-12-18(5,14-19)16-10-7-8-11-16/h7,10-11,15H,8-9,12-14H2,1-6H3. The molecule has 0 amide bonds. The van der Waals surface area contributed by atoms with Crippen LogP contribution in [0.4, 0.5) is 0 Å². The Bertz CT molecular complexity index is 396. The molecule has 0 aromatic heterocycles. The van der Waals surface area contributed by atoms with Crippen LogP contribution in [-0.4, -0.2) is 0 Å². The normalized spacial score (nSPS) is 35.8. The van der Waals surface area contributed by atoms with Gasteiger partial charge in [-0.15, -0.1) is 0 Å². The Kier molecular flexibility index (Phi) is 3.75. The first-order valence-electron chi connectivity index (χ1n) is 8.08. The molecule has 108 valence electrons. The SMILES string of the molecule is CC(C)C(C)(C)C1(C)CCCC(C)(C2=CCC=C2)C1. The van der Waals surface area contributed by atoms with E-state index in [0.29, 0.717) is 16.2 Å². The predicted molar refractivity (Wildman–Crippen MR) is 85.1 cm³/mol. The third kappa shape index (κ3) is 2.43. The van der Waals surface area contributed by atoms with Crippen molar-refractivity contribution < 1.29 is 0 Å². The van der Waals surface area contributed by atoms with Crippen molar-refractivity contribution in [1.29, 1.82) is 0 Å². The fourth-order valence-electron chi connectivity index (χ4n) is 4.31. The molecule has 2 aliphatic rings. The van der Waals surface area contributed by atoms with E-state index in [-0.39, 0.29) is 0 Å². The highest BCUT2D eigenvalue weighted by Crippen LogP contribution is 2.59. The molecule has 19 heavy (non-hydrogen) atoms. The van der Waals surface area contributed by atoms with Crippen LogP contribution < -0.4 is 0 Å². The molecule has 2 rings (SSSR count). The minimum Gasteiger partial charge on any atom is -0.0804 e. The first kappa shape index (κ1) is 14.9. The maximum atomic E-state index is 2.55. The van der Waals surface area contributed by atoms with Crippen molar-refractivity contribution in [3.05, 3.63) is 23.8 Å². The molecule has 0 N–H and O–H groups in total. The van der Waals surface area contributed by atoms with E-state index < -0.39 is 0 Å². The number of rotatable bonds is 3. The Morgan fingerprint density at radius 1 is 1.16 bits per heavy atom. The molecular formula is C19H32. The third-order valence-electron chi connectivity index (χ3n) is 6.70. The lowest BCUT2D eigenvalue weighted by Crippen LogP contribution is -2.45. The molecule has 0 heteroatoms. The summed E-state index contributed by atoms with van der Waals surface area (Å²) < 4.78 is 0. The molecule has 0 radical (unpaired) electrons. The van der Waals surface area contributed by atoms with Gasteiger partial charge in [-0.3, -0.25) is 0 Å². The first-order valence-corrected chi connectivity index (χ1v) is 8.08. The Morgan fingerprint density at radius 3 is 2.37 bits per heavy atom. The maximum Gasteiger partial charge on any atom is -0.00730 e. The van der Waals surface area contributed by atoms with Gasteiger partial charge in [-0.05, 0) is 53.4 Å². The Labute approximate surface area is 120 Å². The number of hydrogen-bond acceptors (Lipinski definition) is 0. The highest BCUT2D eigenvalue weighted by Gasteiger charge is 2.49. The summed E-state index contributed by atoms with van der Waals surface area (Å²) in [5.41, 5.74) is 2.90. The maximum absolute atomic E-state index is 2.55.